The number of terminal acetylenes is 1. The molecular formula is C35H51F6N5O2S. The third-order valence-electron chi connectivity index (χ3n) is 10.1. The fourth-order valence-corrected chi connectivity index (χ4v) is 8.19. The van der Waals surface area contributed by atoms with Crippen molar-refractivity contribution in [2.45, 2.75) is 113 Å². The monoisotopic (exact) mass is 719 g/mol. The van der Waals surface area contributed by atoms with E-state index in [-0.39, 0.29) is 22.9 Å². The molecule has 14 heteroatoms. The molecule has 6 atom stereocenters. The Morgan fingerprint density at radius 1 is 1.14 bits per heavy atom. The van der Waals surface area contributed by atoms with Crippen LogP contribution in [0.3, 0.4) is 0 Å². The van der Waals surface area contributed by atoms with Crippen LogP contribution in [0.4, 0.5) is 26.3 Å². The number of hydrogen-bond acceptors (Lipinski definition) is 7. The molecule has 0 aromatic rings. The van der Waals surface area contributed by atoms with Gasteiger partial charge < -0.3 is 14.9 Å². The summed E-state index contributed by atoms with van der Waals surface area (Å²) in [6.07, 6.45) is 5.19. The Morgan fingerprint density at radius 3 is 2.51 bits per heavy atom. The number of carbonyl (C=O) groups is 1. The number of rotatable bonds is 9. The smallest absolute Gasteiger partial charge is 0.377 e. The lowest BCUT2D eigenvalue weighted by atomic mass is 9.86. The second kappa shape index (κ2) is 17.5. The number of alkyl halides is 6. The first kappa shape index (κ1) is 39.8. The van der Waals surface area contributed by atoms with Gasteiger partial charge in [-0.3, -0.25) is 9.69 Å². The van der Waals surface area contributed by atoms with E-state index in [0.29, 0.717) is 38.3 Å². The maximum Gasteiger partial charge on any atom is 0.412 e. The number of amides is 1. The molecule has 3 N–H and O–H groups in total. The van der Waals surface area contributed by atoms with E-state index >= 15 is 0 Å². The van der Waals surface area contributed by atoms with Crippen molar-refractivity contribution in [1.29, 1.82) is 0 Å². The van der Waals surface area contributed by atoms with Crippen LogP contribution in [-0.2, 0) is 4.79 Å². The van der Waals surface area contributed by atoms with E-state index in [1.54, 1.807) is 4.90 Å². The summed E-state index contributed by atoms with van der Waals surface area (Å²) in [7, 11) is 0. The molecule has 0 spiro atoms. The summed E-state index contributed by atoms with van der Waals surface area (Å²) in [6.45, 7) is 8.33. The molecule has 276 valence electrons. The van der Waals surface area contributed by atoms with Crippen LogP contribution >= 0.6 is 11.9 Å². The maximum atomic E-state index is 13.9. The van der Waals surface area contributed by atoms with Gasteiger partial charge in [-0.25, -0.2) is 10.3 Å². The van der Waals surface area contributed by atoms with Crippen LogP contribution in [0, 0.1) is 24.2 Å². The summed E-state index contributed by atoms with van der Waals surface area (Å²) >= 11 is 1.50. The molecule has 0 aromatic heterocycles. The fraction of sp³-hybridized carbons (Fsp3) is 0.743. The second-order valence-electron chi connectivity index (χ2n) is 14.1. The van der Waals surface area contributed by atoms with Crippen LogP contribution in [0.25, 0.3) is 0 Å². The molecular weight excluding hydrogens is 668 g/mol. The maximum absolute atomic E-state index is 13.9. The van der Waals surface area contributed by atoms with Crippen molar-refractivity contribution < 1.29 is 36.2 Å². The highest BCUT2D eigenvalue weighted by molar-refractivity contribution is 7.99. The topological polar surface area (TPSA) is 71.1 Å². The molecule has 1 aliphatic carbocycles. The first-order valence-electron chi connectivity index (χ1n) is 17.4. The minimum atomic E-state index is -5.04. The van der Waals surface area contributed by atoms with Gasteiger partial charge in [0.1, 0.15) is 12.1 Å². The molecule has 0 aromatic carbocycles. The van der Waals surface area contributed by atoms with E-state index in [2.05, 4.69) is 45.1 Å². The molecule has 0 bridgehead atoms. The first-order chi connectivity index (χ1) is 23.1. The zero-order valence-electron chi connectivity index (χ0n) is 28.5. The van der Waals surface area contributed by atoms with Gasteiger partial charge in [-0.05, 0) is 77.3 Å². The number of piperidine rings is 1. The number of aliphatic hydroxyl groups is 1. The van der Waals surface area contributed by atoms with Crippen LogP contribution in [0.5, 0.6) is 0 Å². The van der Waals surface area contributed by atoms with E-state index < -0.39 is 48.8 Å². The van der Waals surface area contributed by atoms with Crippen LogP contribution in [0.15, 0.2) is 35.5 Å². The van der Waals surface area contributed by atoms with Crippen molar-refractivity contribution in [3.05, 3.63) is 35.5 Å². The molecule has 1 amide bonds. The van der Waals surface area contributed by atoms with Crippen molar-refractivity contribution >= 4 is 17.9 Å². The van der Waals surface area contributed by atoms with Crippen molar-refractivity contribution in [3.63, 3.8) is 0 Å². The summed E-state index contributed by atoms with van der Waals surface area (Å²) < 4.78 is 79.5. The Hall–Kier alpha value is -2.02. The van der Waals surface area contributed by atoms with Gasteiger partial charge in [-0.15, -0.1) is 6.42 Å². The zero-order chi connectivity index (χ0) is 35.8. The van der Waals surface area contributed by atoms with Crippen LogP contribution in [0.2, 0.25) is 0 Å². The van der Waals surface area contributed by atoms with Crippen LogP contribution < -0.4 is 10.3 Å². The number of likely N-dealkylation sites (tertiary alicyclic amines) is 1. The van der Waals surface area contributed by atoms with E-state index in [9.17, 15) is 36.2 Å². The second-order valence-corrected chi connectivity index (χ2v) is 15.5. The van der Waals surface area contributed by atoms with E-state index in [1.165, 1.54) is 11.9 Å². The molecule has 3 aliphatic heterocycles. The molecule has 6 unspecified atom stereocenters. The number of hydrazine groups is 1. The van der Waals surface area contributed by atoms with Gasteiger partial charge in [0.05, 0.1) is 11.2 Å². The highest BCUT2D eigenvalue weighted by Gasteiger charge is 2.43. The molecule has 3 fully saturated rings. The average Bonchev–Trinajstić information content (AvgIpc) is 3.49. The van der Waals surface area contributed by atoms with Gasteiger partial charge in [0.15, 0.2) is 0 Å². The third-order valence-corrected chi connectivity index (χ3v) is 11.2. The molecule has 4 rings (SSSR count). The van der Waals surface area contributed by atoms with Crippen molar-refractivity contribution in [1.82, 2.24) is 25.0 Å². The highest BCUT2D eigenvalue weighted by Crippen LogP contribution is 2.36. The zero-order valence-corrected chi connectivity index (χ0v) is 29.3. The van der Waals surface area contributed by atoms with Gasteiger partial charge in [-0.2, -0.15) is 26.3 Å². The SMILES string of the molecule is C#CC(C/C(=C\CC(F)(F)F)C(F)(F)F)C(=O)N1CCC(N2CCCCCN(C(O)C3(C)CNNS3)CCC2)CC1CC1=CC(C)CC=C1. The Labute approximate surface area is 291 Å². The molecule has 0 saturated carbocycles. The Balaban J connectivity index is 1.49. The summed E-state index contributed by atoms with van der Waals surface area (Å²) in [5.41, 5.74) is 2.71. The molecule has 0 radical (unpaired) electrons. The lowest BCUT2D eigenvalue weighted by Crippen LogP contribution is -2.54. The average molecular weight is 720 g/mol. The van der Waals surface area contributed by atoms with Gasteiger partial charge in [-0.1, -0.05) is 61.1 Å². The van der Waals surface area contributed by atoms with E-state index in [1.807, 2.05) is 13.0 Å². The lowest BCUT2D eigenvalue weighted by molar-refractivity contribution is -0.139. The lowest BCUT2D eigenvalue weighted by Gasteiger charge is -2.45. The Kier molecular flexibility index (Phi) is 14.2. The van der Waals surface area contributed by atoms with Crippen molar-refractivity contribution in [2.24, 2.45) is 11.8 Å². The molecule has 49 heavy (non-hydrogen) atoms. The molecule has 7 nitrogen and oxygen atoms in total. The Morgan fingerprint density at radius 2 is 1.86 bits per heavy atom. The van der Waals surface area contributed by atoms with Crippen molar-refractivity contribution in [2.75, 3.05) is 39.3 Å². The van der Waals surface area contributed by atoms with Crippen molar-refractivity contribution in [3.8, 4) is 12.3 Å². The number of allylic oxidation sites excluding steroid dienone is 5. The third kappa shape index (κ3) is 11.5. The predicted octanol–water partition coefficient (Wildman–Crippen LogP) is 6.35. The highest BCUT2D eigenvalue weighted by atomic mass is 32.2. The number of nitrogens with zero attached hydrogens (tertiary/aromatic N) is 3. The minimum Gasteiger partial charge on any atom is -0.377 e. The largest absolute Gasteiger partial charge is 0.412 e. The molecule has 3 heterocycles. The van der Waals surface area contributed by atoms with Gasteiger partial charge >= 0.3 is 12.4 Å². The number of halogens is 6. The van der Waals surface area contributed by atoms with E-state index in [4.69, 9.17) is 6.42 Å². The predicted molar refractivity (Wildman–Crippen MR) is 181 cm³/mol. The normalized spacial score (nSPS) is 30.0. The summed E-state index contributed by atoms with van der Waals surface area (Å²) in [6, 6.07) is -0.194. The first-order valence-corrected chi connectivity index (χ1v) is 18.2. The van der Waals surface area contributed by atoms with Gasteiger partial charge in [0.2, 0.25) is 5.91 Å². The van der Waals surface area contributed by atoms with Crippen LogP contribution in [0.1, 0.15) is 78.1 Å². The number of hydrogen-bond donors (Lipinski definition) is 3. The quantitative estimate of drug-likeness (QED) is 0.111. The van der Waals surface area contributed by atoms with Gasteiger partial charge in [0.25, 0.3) is 0 Å². The van der Waals surface area contributed by atoms with Gasteiger partial charge in [0, 0.05) is 43.8 Å². The summed E-state index contributed by atoms with van der Waals surface area (Å²) in [4.78, 5) is 23.2. The number of aliphatic hydroxyl groups excluding tert-OH is 1. The summed E-state index contributed by atoms with van der Waals surface area (Å²) in [5.74, 6) is 0.314. The minimum absolute atomic E-state index is 0.105. The number of nitrogens with one attached hydrogen (secondary N) is 2. The Bertz CT molecular complexity index is 1240. The standard InChI is InChI=1S/C35H51F6N5O2S/c1-4-27(22-28(35(39,40)41)12-14-34(36,37)38)31(47)46-19-13-29(23-30(46)21-26-11-8-10-25(2)20-26)44-15-6-5-7-16-45(18-9-17-44)32(48)33(3)24-42-43-49-33/h1,8,11-12,20,25,27,29-30,32,42-43,48H,5-7,9-10,13-19,21-24H2,2-3H3/b28-12+. The van der Waals surface area contributed by atoms with Crippen LogP contribution in [-0.4, -0.2) is 100 Å². The number of carbonyl (C=O) groups excluding carboxylic acids is 1. The molecule has 3 saturated heterocycles. The molecule has 4 aliphatic rings. The summed E-state index contributed by atoms with van der Waals surface area (Å²) in [5, 5.41) is 11.3. The van der Waals surface area contributed by atoms with E-state index in [0.717, 1.165) is 63.9 Å². The fourth-order valence-electron chi connectivity index (χ4n) is 7.42.